The van der Waals surface area contributed by atoms with Crippen molar-refractivity contribution in [1.82, 2.24) is 29.1 Å². The number of nitrogens with one attached hydrogen (secondary N) is 1. The summed E-state index contributed by atoms with van der Waals surface area (Å²) in [4.78, 5) is 39.1. The Morgan fingerprint density at radius 2 is 1.95 bits per heavy atom. The summed E-state index contributed by atoms with van der Waals surface area (Å²) in [7, 11) is -4.71. The van der Waals surface area contributed by atoms with Gasteiger partial charge in [-0.3, -0.25) is 18.2 Å². The molecule has 8 N–H and O–H groups in total. The fourth-order valence-electron chi connectivity index (χ4n) is 4.68. The lowest BCUT2D eigenvalue weighted by Gasteiger charge is -2.21. The van der Waals surface area contributed by atoms with E-state index in [9.17, 15) is 24.5 Å². The number of aromatic nitrogens is 6. The molecule has 19 heteroatoms. The van der Waals surface area contributed by atoms with E-state index in [1.54, 1.807) is 10.6 Å². The number of imidazole rings is 1. The zero-order chi connectivity index (χ0) is 29.1. The van der Waals surface area contributed by atoms with Crippen molar-refractivity contribution in [3.05, 3.63) is 35.4 Å². The van der Waals surface area contributed by atoms with Crippen LogP contribution in [0, 0.1) is 0 Å². The Bertz CT molecular complexity index is 1460. The van der Waals surface area contributed by atoms with E-state index in [0.717, 1.165) is 0 Å². The monoisotopic (exact) mass is 597 g/mol. The highest BCUT2D eigenvalue weighted by atomic mass is 31.2. The Morgan fingerprint density at radius 1 is 1.17 bits per heavy atom. The minimum atomic E-state index is -4.71. The molecule has 2 aliphatic heterocycles. The van der Waals surface area contributed by atoms with Crippen molar-refractivity contribution in [1.29, 1.82) is 0 Å². The molecule has 1 unspecified atom stereocenters. The molecule has 224 valence electrons. The van der Waals surface area contributed by atoms with Crippen molar-refractivity contribution in [2.45, 2.75) is 56.1 Å². The SMILES string of the molecule is NCCCNc1ccn([C@H]2C[C@H](OP(=O)(O)OC[C@H]3O[C@@H](n4cnc5c(N)ncnc54)C[C@@H]3O)[C@@H](CO)O2)c(=O)n1. The number of nitrogens with two attached hydrogens (primary N) is 2. The summed E-state index contributed by atoms with van der Waals surface area (Å²) in [6.45, 7) is 0.0280. The molecular formula is C22H32N9O9P. The normalized spacial score (nSPS) is 27.8. The molecule has 0 aliphatic carbocycles. The molecule has 0 amide bonds. The lowest BCUT2D eigenvalue weighted by molar-refractivity contribution is -0.0564. The van der Waals surface area contributed by atoms with Gasteiger partial charge in [0, 0.05) is 25.6 Å². The van der Waals surface area contributed by atoms with Crippen LogP contribution in [0.1, 0.15) is 31.7 Å². The van der Waals surface area contributed by atoms with Crippen LogP contribution >= 0.6 is 7.82 Å². The molecule has 3 aromatic heterocycles. The summed E-state index contributed by atoms with van der Waals surface area (Å²) >= 11 is 0. The van der Waals surface area contributed by atoms with Gasteiger partial charge in [0.15, 0.2) is 11.5 Å². The molecule has 5 rings (SSSR count). The van der Waals surface area contributed by atoms with Crippen molar-refractivity contribution in [3.63, 3.8) is 0 Å². The van der Waals surface area contributed by atoms with Crippen molar-refractivity contribution >= 4 is 30.6 Å². The Kier molecular flexibility index (Phi) is 8.93. The van der Waals surface area contributed by atoms with Crippen LogP contribution < -0.4 is 22.5 Å². The second kappa shape index (κ2) is 12.4. The van der Waals surface area contributed by atoms with Gasteiger partial charge in [0.25, 0.3) is 0 Å². The third-order valence-corrected chi connectivity index (χ3v) is 7.77. The minimum Gasteiger partial charge on any atom is -0.394 e. The molecule has 41 heavy (non-hydrogen) atoms. The third kappa shape index (κ3) is 6.56. The number of aliphatic hydroxyl groups is 2. The van der Waals surface area contributed by atoms with Crippen LogP contribution in [-0.2, 0) is 23.1 Å². The molecule has 2 saturated heterocycles. The number of phosphoric ester groups is 1. The number of anilines is 2. The fraction of sp³-hybridized carbons (Fsp3) is 0.591. The average Bonchev–Trinajstić information content (AvgIpc) is 3.64. The molecule has 0 radical (unpaired) electrons. The van der Waals surface area contributed by atoms with Crippen LogP contribution in [-0.4, -0.2) is 94.9 Å². The molecule has 3 aromatic rings. The van der Waals surface area contributed by atoms with Crippen molar-refractivity contribution in [3.8, 4) is 0 Å². The van der Waals surface area contributed by atoms with Crippen molar-refractivity contribution in [2.75, 3.05) is 37.4 Å². The first-order chi connectivity index (χ1) is 19.7. The number of aliphatic hydroxyl groups excluding tert-OH is 2. The van der Waals surface area contributed by atoms with Crippen LogP contribution in [0.4, 0.5) is 11.6 Å². The number of nitrogen functional groups attached to an aromatic ring is 1. The molecule has 0 aromatic carbocycles. The van der Waals surface area contributed by atoms with E-state index in [1.165, 1.54) is 23.4 Å². The van der Waals surface area contributed by atoms with Crippen LogP contribution in [0.15, 0.2) is 29.7 Å². The van der Waals surface area contributed by atoms with Gasteiger partial charge in [0.2, 0.25) is 0 Å². The molecule has 0 saturated carbocycles. The summed E-state index contributed by atoms with van der Waals surface area (Å²) in [6.07, 6.45) is -0.689. The second-order valence-corrected chi connectivity index (χ2v) is 10.9. The van der Waals surface area contributed by atoms with Crippen molar-refractivity contribution in [2.24, 2.45) is 5.73 Å². The molecule has 7 atom stereocenters. The third-order valence-electron chi connectivity index (χ3n) is 6.76. The lowest BCUT2D eigenvalue weighted by Crippen LogP contribution is -2.29. The summed E-state index contributed by atoms with van der Waals surface area (Å²) in [5.74, 6) is 0.563. The zero-order valence-corrected chi connectivity index (χ0v) is 22.7. The fourth-order valence-corrected chi connectivity index (χ4v) is 5.64. The van der Waals surface area contributed by atoms with E-state index in [0.29, 0.717) is 36.5 Å². The smallest absolute Gasteiger partial charge is 0.394 e. The molecule has 2 aliphatic rings. The van der Waals surface area contributed by atoms with Crippen LogP contribution in [0.3, 0.4) is 0 Å². The molecule has 18 nitrogen and oxygen atoms in total. The first kappa shape index (κ1) is 29.4. The summed E-state index contributed by atoms with van der Waals surface area (Å²) in [6, 6.07) is 1.58. The van der Waals surface area contributed by atoms with E-state index in [-0.39, 0.29) is 18.7 Å². The molecular weight excluding hydrogens is 565 g/mol. The molecule has 5 heterocycles. The molecule has 2 fully saturated rings. The highest BCUT2D eigenvalue weighted by molar-refractivity contribution is 7.47. The minimum absolute atomic E-state index is 0.0377. The Labute approximate surface area is 232 Å². The summed E-state index contributed by atoms with van der Waals surface area (Å²) in [5.41, 5.74) is 11.5. The highest BCUT2D eigenvalue weighted by Gasteiger charge is 2.43. The van der Waals surface area contributed by atoms with Gasteiger partial charge < -0.3 is 41.4 Å². The topological polar surface area (TPSA) is 257 Å². The van der Waals surface area contributed by atoms with Gasteiger partial charge in [-0.1, -0.05) is 0 Å². The number of rotatable bonds is 12. The van der Waals surface area contributed by atoms with Gasteiger partial charge in [0.05, 0.1) is 25.6 Å². The zero-order valence-electron chi connectivity index (χ0n) is 21.8. The Balaban J connectivity index is 1.18. The van der Waals surface area contributed by atoms with Crippen LogP contribution in [0.5, 0.6) is 0 Å². The van der Waals surface area contributed by atoms with E-state index in [1.807, 2.05) is 0 Å². The van der Waals surface area contributed by atoms with E-state index in [4.69, 9.17) is 30.0 Å². The Morgan fingerprint density at radius 3 is 2.71 bits per heavy atom. The molecule has 0 spiro atoms. The predicted molar refractivity (Wildman–Crippen MR) is 141 cm³/mol. The number of nitrogens with zero attached hydrogens (tertiary/aromatic N) is 6. The maximum Gasteiger partial charge on any atom is 0.472 e. The first-order valence-corrected chi connectivity index (χ1v) is 14.4. The predicted octanol–water partition coefficient (Wildman–Crippen LogP) is -1.14. The van der Waals surface area contributed by atoms with Crippen LogP contribution in [0.2, 0.25) is 0 Å². The second-order valence-electron chi connectivity index (χ2n) is 9.54. The number of hydrogen-bond donors (Lipinski definition) is 6. The highest BCUT2D eigenvalue weighted by Crippen LogP contribution is 2.49. The standard InChI is InChI=1S/C22H32N9O9P/c23-3-1-4-25-16-2-5-30(22(34)29-16)18-7-13(14(8-32)38-18)40-41(35,36)37-9-15-12(33)6-17(39-15)31-11-28-19-20(24)26-10-27-21(19)31/h2,5,10-15,17-18,32-33H,1,3-4,6-9,23H2,(H,35,36)(H2,24,26,27)(H,25,29,34)/t12-,13-,14+,15+,17+,18+/m0/s1. The van der Waals surface area contributed by atoms with Gasteiger partial charge in [-0.15, -0.1) is 0 Å². The Hall–Kier alpha value is -3.06. The van der Waals surface area contributed by atoms with Gasteiger partial charge in [-0.2, -0.15) is 4.98 Å². The van der Waals surface area contributed by atoms with Gasteiger partial charge in [-0.25, -0.2) is 24.3 Å². The first-order valence-electron chi connectivity index (χ1n) is 12.9. The van der Waals surface area contributed by atoms with Crippen LogP contribution in [0.25, 0.3) is 11.2 Å². The van der Waals surface area contributed by atoms with Gasteiger partial charge >= 0.3 is 13.5 Å². The largest absolute Gasteiger partial charge is 0.472 e. The number of phosphoric acid groups is 1. The number of ether oxygens (including phenoxy) is 2. The van der Waals surface area contributed by atoms with Crippen molar-refractivity contribution < 1.29 is 38.2 Å². The quantitative estimate of drug-likeness (QED) is 0.106. The van der Waals surface area contributed by atoms with E-state index in [2.05, 4.69) is 25.3 Å². The van der Waals surface area contributed by atoms with Gasteiger partial charge in [0.1, 0.15) is 48.4 Å². The maximum absolute atomic E-state index is 12.8. The summed E-state index contributed by atoms with van der Waals surface area (Å²) < 4.78 is 37.5. The van der Waals surface area contributed by atoms with E-state index < -0.39 is 63.6 Å². The molecule has 0 bridgehead atoms. The average molecular weight is 598 g/mol. The number of fused-ring (bicyclic) bond motifs is 1. The maximum atomic E-state index is 12.8. The summed E-state index contributed by atoms with van der Waals surface area (Å²) in [5, 5.41) is 23.3. The van der Waals surface area contributed by atoms with Gasteiger partial charge in [-0.05, 0) is 19.0 Å². The lowest BCUT2D eigenvalue weighted by atomic mass is 10.2. The van der Waals surface area contributed by atoms with E-state index >= 15 is 0 Å². The number of hydrogen-bond acceptors (Lipinski definition) is 15.